The zero-order chi connectivity index (χ0) is 22.4. The van der Waals surface area contributed by atoms with Crippen molar-refractivity contribution in [3.8, 4) is 11.5 Å². The molecule has 2 atom stereocenters. The van der Waals surface area contributed by atoms with Crippen LogP contribution in [0.1, 0.15) is 38.1 Å². The second kappa shape index (κ2) is 10.2. The minimum absolute atomic E-state index is 0.177. The van der Waals surface area contributed by atoms with E-state index in [2.05, 4.69) is 36.3 Å². The standard InChI is InChI=1S/C24H33N3O4/c1-16(31-25)22-12-20-21(27-22)6-5-7-23(20)30-15-18(28)14-26-24(2,3)13-17-8-10-19(29-4)11-9-17/h5-12,16,18,26-28H,13-15,25H2,1-4H3. The van der Waals surface area contributed by atoms with Gasteiger partial charge in [0, 0.05) is 28.7 Å². The predicted octanol–water partition coefficient (Wildman–Crippen LogP) is 3.48. The van der Waals surface area contributed by atoms with Gasteiger partial charge in [0.2, 0.25) is 0 Å². The second-order valence-electron chi connectivity index (χ2n) is 8.47. The Balaban J connectivity index is 1.53. The average molecular weight is 428 g/mol. The lowest BCUT2D eigenvalue weighted by Crippen LogP contribution is -2.46. The van der Waals surface area contributed by atoms with Crippen molar-refractivity contribution in [2.75, 3.05) is 20.3 Å². The van der Waals surface area contributed by atoms with Crippen LogP contribution in [-0.4, -0.2) is 42.0 Å². The molecule has 2 aromatic carbocycles. The number of nitrogens with two attached hydrogens (primary N) is 1. The van der Waals surface area contributed by atoms with Crippen molar-refractivity contribution < 1.29 is 19.4 Å². The van der Waals surface area contributed by atoms with E-state index in [4.69, 9.17) is 20.2 Å². The summed E-state index contributed by atoms with van der Waals surface area (Å²) < 4.78 is 11.1. The zero-order valence-electron chi connectivity index (χ0n) is 18.6. The number of aliphatic hydroxyl groups excluding tert-OH is 1. The summed E-state index contributed by atoms with van der Waals surface area (Å²) in [4.78, 5) is 8.18. The molecular formula is C24H33N3O4. The number of nitrogens with one attached hydrogen (secondary N) is 2. The van der Waals surface area contributed by atoms with E-state index < -0.39 is 6.10 Å². The van der Waals surface area contributed by atoms with E-state index in [-0.39, 0.29) is 18.2 Å². The third-order valence-corrected chi connectivity index (χ3v) is 5.34. The number of H-pyrrole nitrogens is 1. The molecule has 0 amide bonds. The first-order chi connectivity index (χ1) is 14.8. The maximum atomic E-state index is 10.5. The lowest BCUT2D eigenvalue weighted by molar-refractivity contribution is 0.0639. The molecule has 7 heteroatoms. The van der Waals surface area contributed by atoms with Crippen LogP contribution in [-0.2, 0) is 11.3 Å². The van der Waals surface area contributed by atoms with E-state index in [1.165, 1.54) is 5.56 Å². The smallest absolute Gasteiger partial charge is 0.128 e. The van der Waals surface area contributed by atoms with Gasteiger partial charge in [0.25, 0.3) is 0 Å². The van der Waals surface area contributed by atoms with Crippen LogP contribution in [0.25, 0.3) is 10.9 Å². The van der Waals surface area contributed by atoms with Crippen LogP contribution < -0.4 is 20.7 Å². The van der Waals surface area contributed by atoms with E-state index in [1.807, 2.05) is 43.3 Å². The third kappa shape index (κ3) is 6.21. The van der Waals surface area contributed by atoms with Crippen LogP contribution in [0.4, 0.5) is 0 Å². The molecule has 0 saturated heterocycles. The van der Waals surface area contributed by atoms with Gasteiger partial charge in [-0.15, -0.1) is 0 Å². The molecule has 0 spiro atoms. The highest BCUT2D eigenvalue weighted by Crippen LogP contribution is 2.29. The first kappa shape index (κ1) is 23.1. The van der Waals surface area contributed by atoms with Gasteiger partial charge in [-0.2, -0.15) is 0 Å². The van der Waals surface area contributed by atoms with Gasteiger partial charge in [-0.3, -0.25) is 4.84 Å². The van der Waals surface area contributed by atoms with E-state index in [1.54, 1.807) is 7.11 Å². The minimum atomic E-state index is -0.643. The molecular weight excluding hydrogens is 394 g/mol. The molecule has 1 aromatic heterocycles. The van der Waals surface area contributed by atoms with Crippen LogP contribution >= 0.6 is 0 Å². The monoisotopic (exact) mass is 427 g/mol. The van der Waals surface area contributed by atoms with Gasteiger partial charge in [-0.1, -0.05) is 18.2 Å². The largest absolute Gasteiger partial charge is 0.497 e. The normalized spacial score (nSPS) is 13.9. The van der Waals surface area contributed by atoms with E-state index in [0.29, 0.717) is 12.3 Å². The fourth-order valence-electron chi connectivity index (χ4n) is 3.52. The average Bonchev–Trinajstić information content (AvgIpc) is 3.21. The summed E-state index contributed by atoms with van der Waals surface area (Å²) >= 11 is 0. The number of aromatic amines is 1. The highest BCUT2D eigenvalue weighted by Gasteiger charge is 2.20. The Morgan fingerprint density at radius 3 is 2.58 bits per heavy atom. The fourth-order valence-corrected chi connectivity index (χ4v) is 3.52. The number of fused-ring (bicyclic) bond motifs is 1. The van der Waals surface area contributed by atoms with Gasteiger partial charge in [0.05, 0.1) is 7.11 Å². The SMILES string of the molecule is COc1ccc(CC(C)(C)NCC(O)COc2cccc3[nH]c(C(C)ON)cc23)cc1. The highest BCUT2D eigenvalue weighted by atomic mass is 16.6. The van der Waals surface area contributed by atoms with Gasteiger partial charge >= 0.3 is 0 Å². The van der Waals surface area contributed by atoms with Gasteiger partial charge < -0.3 is 24.9 Å². The Labute approximate surface area is 183 Å². The molecule has 0 aliphatic carbocycles. The Morgan fingerprint density at radius 2 is 1.90 bits per heavy atom. The quantitative estimate of drug-likeness (QED) is 0.350. The van der Waals surface area contributed by atoms with Crippen LogP contribution in [0.5, 0.6) is 11.5 Å². The maximum absolute atomic E-state index is 10.5. The highest BCUT2D eigenvalue weighted by molar-refractivity contribution is 5.86. The summed E-state index contributed by atoms with van der Waals surface area (Å²) in [6.07, 6.45) is -0.0599. The van der Waals surface area contributed by atoms with Crippen LogP contribution in [0, 0.1) is 0 Å². The topological polar surface area (TPSA) is 102 Å². The lowest BCUT2D eigenvalue weighted by Gasteiger charge is -2.28. The third-order valence-electron chi connectivity index (χ3n) is 5.34. The first-order valence-corrected chi connectivity index (χ1v) is 10.5. The number of aromatic nitrogens is 1. The van der Waals surface area contributed by atoms with Gasteiger partial charge in [0.15, 0.2) is 0 Å². The number of benzene rings is 2. The number of hydrogen-bond donors (Lipinski definition) is 4. The Morgan fingerprint density at radius 1 is 1.16 bits per heavy atom. The number of methoxy groups -OCH3 is 1. The molecule has 0 aliphatic rings. The summed E-state index contributed by atoms with van der Waals surface area (Å²) in [6.45, 7) is 6.72. The van der Waals surface area contributed by atoms with Crippen molar-refractivity contribution in [3.63, 3.8) is 0 Å². The Hall–Kier alpha value is -2.58. The molecule has 3 rings (SSSR count). The summed E-state index contributed by atoms with van der Waals surface area (Å²) in [5.74, 6) is 6.85. The Kier molecular flexibility index (Phi) is 7.56. The molecule has 0 radical (unpaired) electrons. The van der Waals surface area contributed by atoms with Gasteiger partial charge in [-0.05, 0) is 63.1 Å². The molecule has 0 fully saturated rings. The molecule has 1 heterocycles. The van der Waals surface area contributed by atoms with Crippen LogP contribution in [0.15, 0.2) is 48.5 Å². The van der Waals surface area contributed by atoms with Crippen molar-refractivity contribution in [3.05, 3.63) is 59.8 Å². The molecule has 0 aliphatic heterocycles. The molecule has 3 aromatic rings. The molecule has 31 heavy (non-hydrogen) atoms. The number of hydrogen-bond acceptors (Lipinski definition) is 6. The van der Waals surface area contributed by atoms with Crippen molar-refractivity contribution in [2.45, 2.75) is 44.9 Å². The zero-order valence-corrected chi connectivity index (χ0v) is 18.6. The van der Waals surface area contributed by atoms with Crippen molar-refractivity contribution in [1.29, 1.82) is 0 Å². The number of β-amino-alcohol motifs (C(OH)–C–C–N with tert-alkyl or cyclic N) is 1. The first-order valence-electron chi connectivity index (χ1n) is 10.5. The molecule has 0 saturated carbocycles. The van der Waals surface area contributed by atoms with Gasteiger partial charge in [-0.25, -0.2) is 5.90 Å². The minimum Gasteiger partial charge on any atom is -0.497 e. The summed E-state index contributed by atoms with van der Waals surface area (Å²) in [5.41, 5.74) is 2.83. The molecule has 7 nitrogen and oxygen atoms in total. The summed E-state index contributed by atoms with van der Waals surface area (Å²) in [7, 11) is 1.66. The maximum Gasteiger partial charge on any atom is 0.128 e. The van der Waals surface area contributed by atoms with Crippen molar-refractivity contribution in [1.82, 2.24) is 10.3 Å². The summed E-state index contributed by atoms with van der Waals surface area (Å²) in [6, 6.07) is 15.8. The molecule has 0 bridgehead atoms. The van der Waals surface area contributed by atoms with Crippen molar-refractivity contribution >= 4 is 10.9 Å². The van der Waals surface area contributed by atoms with Gasteiger partial charge in [0.1, 0.15) is 30.3 Å². The molecule has 168 valence electrons. The Bertz CT molecular complexity index is 969. The summed E-state index contributed by atoms with van der Waals surface area (Å²) in [5, 5.41) is 14.8. The number of aliphatic hydroxyl groups is 1. The van der Waals surface area contributed by atoms with E-state index in [0.717, 1.165) is 28.8 Å². The molecule has 5 N–H and O–H groups in total. The van der Waals surface area contributed by atoms with Crippen molar-refractivity contribution in [2.24, 2.45) is 5.90 Å². The van der Waals surface area contributed by atoms with Crippen LogP contribution in [0.3, 0.4) is 0 Å². The van der Waals surface area contributed by atoms with E-state index >= 15 is 0 Å². The van der Waals surface area contributed by atoms with Crippen LogP contribution in [0.2, 0.25) is 0 Å². The predicted molar refractivity (Wildman–Crippen MR) is 122 cm³/mol. The lowest BCUT2D eigenvalue weighted by atomic mass is 9.94. The molecule has 2 unspecified atom stereocenters. The number of ether oxygens (including phenoxy) is 2. The fraction of sp³-hybridized carbons (Fsp3) is 0.417. The van der Waals surface area contributed by atoms with E-state index in [9.17, 15) is 5.11 Å². The second-order valence-corrected chi connectivity index (χ2v) is 8.47. The number of rotatable bonds is 11.